The molecule has 2 rings (SSSR count). The molecular formula is C14H21N5. The van der Waals surface area contributed by atoms with Gasteiger partial charge in [0.2, 0.25) is 5.95 Å². The largest absolute Gasteiger partial charge is 0.354 e. The summed E-state index contributed by atoms with van der Waals surface area (Å²) in [5.74, 6) is 1.75. The van der Waals surface area contributed by atoms with Crippen LogP contribution in [0.3, 0.4) is 0 Å². The van der Waals surface area contributed by atoms with E-state index in [9.17, 15) is 0 Å². The standard InChI is InChI=1S/C14H21N5/c1-4-7-19-8-6-16-13(19)9-12-11(3)10-17-14(18-12)15-5-2/h6,8,10H,4-5,7,9H2,1-3H3,(H,15,17,18). The summed E-state index contributed by atoms with van der Waals surface area (Å²) < 4.78 is 2.19. The highest BCUT2D eigenvalue weighted by atomic mass is 15.1. The number of rotatable bonds is 6. The Bertz CT molecular complexity index is 532. The minimum Gasteiger partial charge on any atom is -0.354 e. The first-order valence-corrected chi connectivity index (χ1v) is 6.81. The summed E-state index contributed by atoms with van der Waals surface area (Å²) in [6, 6.07) is 0. The van der Waals surface area contributed by atoms with E-state index in [1.807, 2.05) is 32.4 Å². The van der Waals surface area contributed by atoms with Gasteiger partial charge in [0, 0.05) is 38.1 Å². The second-order valence-electron chi connectivity index (χ2n) is 4.57. The maximum Gasteiger partial charge on any atom is 0.222 e. The van der Waals surface area contributed by atoms with Crippen LogP contribution in [0.4, 0.5) is 5.95 Å². The van der Waals surface area contributed by atoms with Gasteiger partial charge in [-0.25, -0.2) is 15.0 Å². The zero-order valence-corrected chi connectivity index (χ0v) is 11.8. The van der Waals surface area contributed by atoms with Crippen LogP contribution in [0.1, 0.15) is 37.4 Å². The summed E-state index contributed by atoms with van der Waals surface area (Å²) >= 11 is 0. The highest BCUT2D eigenvalue weighted by Crippen LogP contribution is 2.12. The van der Waals surface area contributed by atoms with Crippen LogP contribution in [0, 0.1) is 6.92 Å². The van der Waals surface area contributed by atoms with Crippen molar-refractivity contribution in [3.63, 3.8) is 0 Å². The van der Waals surface area contributed by atoms with Gasteiger partial charge < -0.3 is 9.88 Å². The fraction of sp³-hybridized carbons (Fsp3) is 0.500. The van der Waals surface area contributed by atoms with Crippen LogP contribution in [0.2, 0.25) is 0 Å². The Hall–Kier alpha value is -1.91. The summed E-state index contributed by atoms with van der Waals surface area (Å²) in [7, 11) is 0. The molecule has 0 aliphatic heterocycles. The Morgan fingerprint density at radius 1 is 1.26 bits per heavy atom. The number of aromatic nitrogens is 4. The van der Waals surface area contributed by atoms with Crippen molar-refractivity contribution in [1.29, 1.82) is 0 Å². The van der Waals surface area contributed by atoms with Crippen molar-refractivity contribution in [1.82, 2.24) is 19.5 Å². The third-order valence-electron chi connectivity index (χ3n) is 3.00. The number of hydrogen-bond donors (Lipinski definition) is 1. The lowest BCUT2D eigenvalue weighted by atomic mass is 10.2. The molecule has 0 saturated carbocycles. The average molecular weight is 259 g/mol. The molecule has 5 heteroatoms. The summed E-state index contributed by atoms with van der Waals surface area (Å²) in [5, 5.41) is 3.15. The zero-order valence-electron chi connectivity index (χ0n) is 11.8. The molecule has 0 aliphatic carbocycles. The van der Waals surface area contributed by atoms with Crippen LogP contribution in [0.5, 0.6) is 0 Å². The van der Waals surface area contributed by atoms with Gasteiger partial charge in [-0.2, -0.15) is 0 Å². The third kappa shape index (κ3) is 3.30. The van der Waals surface area contributed by atoms with Crippen molar-refractivity contribution < 1.29 is 0 Å². The average Bonchev–Trinajstić information content (AvgIpc) is 2.82. The fourth-order valence-corrected chi connectivity index (χ4v) is 2.00. The molecule has 2 aromatic rings. The van der Waals surface area contributed by atoms with Gasteiger partial charge >= 0.3 is 0 Å². The summed E-state index contributed by atoms with van der Waals surface area (Å²) in [6.07, 6.45) is 7.61. The van der Waals surface area contributed by atoms with E-state index in [0.717, 1.165) is 43.0 Å². The first-order valence-electron chi connectivity index (χ1n) is 6.81. The molecule has 0 spiro atoms. The molecule has 0 saturated heterocycles. The molecule has 0 aliphatic rings. The molecule has 0 aromatic carbocycles. The quantitative estimate of drug-likeness (QED) is 0.865. The Balaban J connectivity index is 2.21. The summed E-state index contributed by atoms with van der Waals surface area (Å²) in [5.41, 5.74) is 2.14. The molecule has 2 aromatic heterocycles. The molecule has 0 fully saturated rings. The predicted octanol–water partition coefficient (Wildman–Crippen LogP) is 2.41. The van der Waals surface area contributed by atoms with Crippen molar-refractivity contribution in [3.05, 3.63) is 35.7 Å². The molecule has 0 amide bonds. The molecule has 2 heterocycles. The number of hydrogen-bond acceptors (Lipinski definition) is 4. The van der Waals surface area contributed by atoms with Crippen molar-refractivity contribution in [3.8, 4) is 0 Å². The SMILES string of the molecule is CCCn1ccnc1Cc1nc(NCC)ncc1C. The molecule has 0 radical (unpaired) electrons. The van der Waals surface area contributed by atoms with Crippen LogP contribution in [-0.2, 0) is 13.0 Å². The number of imidazole rings is 1. The van der Waals surface area contributed by atoms with Gasteiger partial charge in [-0.1, -0.05) is 6.92 Å². The maximum atomic E-state index is 4.56. The second kappa shape index (κ2) is 6.31. The van der Waals surface area contributed by atoms with Gasteiger partial charge in [-0.05, 0) is 25.8 Å². The van der Waals surface area contributed by atoms with E-state index in [1.165, 1.54) is 0 Å². The van der Waals surface area contributed by atoms with Gasteiger partial charge in [0.15, 0.2) is 0 Å². The van der Waals surface area contributed by atoms with Gasteiger partial charge in [0.25, 0.3) is 0 Å². The number of aryl methyl sites for hydroxylation is 2. The minimum atomic E-state index is 0.691. The zero-order chi connectivity index (χ0) is 13.7. The molecule has 1 N–H and O–H groups in total. The van der Waals surface area contributed by atoms with E-state index in [0.29, 0.717) is 5.95 Å². The first kappa shape index (κ1) is 13.5. The Morgan fingerprint density at radius 2 is 2.11 bits per heavy atom. The van der Waals surface area contributed by atoms with Crippen LogP contribution in [0.15, 0.2) is 18.6 Å². The fourth-order valence-electron chi connectivity index (χ4n) is 2.00. The number of anilines is 1. The van der Waals surface area contributed by atoms with Gasteiger partial charge in [0.05, 0.1) is 5.69 Å². The summed E-state index contributed by atoms with van der Waals surface area (Å²) in [4.78, 5) is 13.3. The monoisotopic (exact) mass is 259 g/mol. The molecule has 0 unspecified atom stereocenters. The second-order valence-corrected chi connectivity index (χ2v) is 4.57. The lowest BCUT2D eigenvalue weighted by molar-refractivity contribution is 0.644. The first-order chi connectivity index (χ1) is 9.24. The van der Waals surface area contributed by atoms with Crippen LogP contribution >= 0.6 is 0 Å². The number of nitrogens with zero attached hydrogens (tertiary/aromatic N) is 4. The van der Waals surface area contributed by atoms with E-state index in [-0.39, 0.29) is 0 Å². The molecule has 5 nitrogen and oxygen atoms in total. The number of nitrogens with one attached hydrogen (secondary N) is 1. The Morgan fingerprint density at radius 3 is 2.84 bits per heavy atom. The molecule has 0 atom stereocenters. The Labute approximate surface area is 114 Å². The van der Waals surface area contributed by atoms with E-state index in [2.05, 4.69) is 31.8 Å². The van der Waals surface area contributed by atoms with Crippen molar-refractivity contribution in [2.24, 2.45) is 0 Å². The third-order valence-corrected chi connectivity index (χ3v) is 3.00. The van der Waals surface area contributed by atoms with Crippen LogP contribution in [-0.4, -0.2) is 26.1 Å². The van der Waals surface area contributed by atoms with E-state index in [4.69, 9.17) is 0 Å². The normalized spacial score (nSPS) is 10.7. The lowest BCUT2D eigenvalue weighted by Crippen LogP contribution is -2.09. The molecule has 0 bridgehead atoms. The minimum absolute atomic E-state index is 0.691. The van der Waals surface area contributed by atoms with Crippen LogP contribution in [0.25, 0.3) is 0 Å². The smallest absolute Gasteiger partial charge is 0.222 e. The van der Waals surface area contributed by atoms with Gasteiger partial charge in [0.1, 0.15) is 5.82 Å². The Kier molecular flexibility index (Phi) is 4.49. The van der Waals surface area contributed by atoms with Crippen molar-refractivity contribution in [2.75, 3.05) is 11.9 Å². The van der Waals surface area contributed by atoms with E-state index < -0.39 is 0 Å². The van der Waals surface area contributed by atoms with Gasteiger partial charge in [-0.3, -0.25) is 0 Å². The molecule has 102 valence electrons. The highest BCUT2D eigenvalue weighted by Gasteiger charge is 2.08. The van der Waals surface area contributed by atoms with E-state index in [1.54, 1.807) is 0 Å². The summed E-state index contributed by atoms with van der Waals surface area (Å²) in [6.45, 7) is 8.07. The van der Waals surface area contributed by atoms with Crippen molar-refractivity contribution >= 4 is 5.95 Å². The molecule has 19 heavy (non-hydrogen) atoms. The van der Waals surface area contributed by atoms with Crippen molar-refractivity contribution in [2.45, 2.75) is 40.2 Å². The van der Waals surface area contributed by atoms with Crippen LogP contribution < -0.4 is 5.32 Å². The highest BCUT2D eigenvalue weighted by molar-refractivity contribution is 5.30. The maximum absolute atomic E-state index is 4.56. The lowest BCUT2D eigenvalue weighted by Gasteiger charge is -2.09. The molecular weight excluding hydrogens is 238 g/mol. The van der Waals surface area contributed by atoms with Gasteiger partial charge in [-0.15, -0.1) is 0 Å². The van der Waals surface area contributed by atoms with E-state index >= 15 is 0 Å². The topological polar surface area (TPSA) is 55.6 Å². The predicted molar refractivity (Wildman–Crippen MR) is 76.3 cm³/mol.